The predicted octanol–water partition coefficient (Wildman–Crippen LogP) is 2.08. The third-order valence-corrected chi connectivity index (χ3v) is 3.19. The fourth-order valence-electron chi connectivity index (χ4n) is 2.48. The molecule has 1 rings (SSSR count). The van der Waals surface area contributed by atoms with Gasteiger partial charge in [-0.25, -0.2) is 0 Å². The summed E-state index contributed by atoms with van der Waals surface area (Å²) in [6, 6.07) is -0.107. The molecular formula is C14H22F3N3O2. The number of hydrogen-bond donors (Lipinski definition) is 1. The lowest BCUT2D eigenvalue weighted by Crippen LogP contribution is -2.43. The second kappa shape index (κ2) is 7.13. The Bertz CT molecular complexity index is 502. The van der Waals surface area contributed by atoms with Gasteiger partial charge in [0, 0.05) is 30.5 Å². The molecule has 8 heteroatoms. The molecule has 0 saturated heterocycles. The van der Waals surface area contributed by atoms with Crippen LogP contribution in [0.15, 0.2) is 6.20 Å². The molecule has 0 aliphatic heterocycles. The molecule has 0 spiro atoms. The summed E-state index contributed by atoms with van der Waals surface area (Å²) >= 11 is 0. The van der Waals surface area contributed by atoms with Gasteiger partial charge in [-0.1, -0.05) is 0 Å². The number of aliphatic hydroxyl groups excluding tert-OH is 1. The Labute approximate surface area is 127 Å². The minimum Gasteiger partial charge on any atom is -0.396 e. The fraction of sp³-hybridized carbons (Fsp3) is 0.714. The fourth-order valence-corrected chi connectivity index (χ4v) is 2.48. The maximum atomic E-state index is 12.9. The molecule has 0 aliphatic carbocycles. The molecular weight excluding hydrogens is 299 g/mol. The van der Waals surface area contributed by atoms with Gasteiger partial charge in [0.25, 0.3) is 0 Å². The largest absolute Gasteiger partial charge is 0.435 e. The van der Waals surface area contributed by atoms with Crippen LogP contribution >= 0.6 is 0 Å². The Kier molecular flexibility index (Phi) is 5.99. The summed E-state index contributed by atoms with van der Waals surface area (Å²) in [6.07, 6.45) is -3.58. The number of rotatable bonds is 6. The van der Waals surface area contributed by atoms with Gasteiger partial charge in [0.1, 0.15) is 6.54 Å². The zero-order valence-corrected chi connectivity index (χ0v) is 13.2. The Hall–Kier alpha value is -1.57. The number of halogens is 3. The van der Waals surface area contributed by atoms with Crippen molar-refractivity contribution in [2.45, 2.75) is 58.9 Å². The highest BCUT2D eigenvalue weighted by Gasteiger charge is 2.37. The third kappa shape index (κ3) is 4.46. The van der Waals surface area contributed by atoms with Crippen molar-refractivity contribution in [3.63, 3.8) is 0 Å². The van der Waals surface area contributed by atoms with E-state index < -0.39 is 18.5 Å². The normalized spacial score (nSPS) is 12.3. The van der Waals surface area contributed by atoms with Crippen LogP contribution in [0.5, 0.6) is 0 Å². The number of aliphatic hydroxyl groups is 1. The molecule has 0 unspecified atom stereocenters. The predicted molar refractivity (Wildman–Crippen MR) is 75.1 cm³/mol. The van der Waals surface area contributed by atoms with Crippen LogP contribution in [0.25, 0.3) is 0 Å². The van der Waals surface area contributed by atoms with Gasteiger partial charge < -0.3 is 10.0 Å². The van der Waals surface area contributed by atoms with Gasteiger partial charge in [-0.05, 0) is 34.1 Å². The molecule has 0 fully saturated rings. The summed E-state index contributed by atoms with van der Waals surface area (Å²) < 4.78 is 39.6. The molecule has 0 aliphatic rings. The van der Waals surface area contributed by atoms with E-state index in [9.17, 15) is 18.0 Å². The standard InChI is InChI=1S/C14H22F3N3O2/c1-9(2)20(10(3)4)12(22)8-19-7-11(5-6-21)13(18-19)14(15,16)17/h7,9-10,21H,5-6,8H2,1-4H3. The van der Waals surface area contributed by atoms with Crippen molar-refractivity contribution in [1.82, 2.24) is 14.7 Å². The van der Waals surface area contributed by atoms with Crippen LogP contribution in [-0.4, -0.2) is 44.4 Å². The van der Waals surface area contributed by atoms with Gasteiger partial charge in [0.05, 0.1) is 0 Å². The summed E-state index contributed by atoms with van der Waals surface area (Å²) in [6.45, 7) is 6.72. The number of alkyl halides is 3. The van der Waals surface area contributed by atoms with Crippen molar-refractivity contribution in [3.05, 3.63) is 17.5 Å². The SMILES string of the molecule is CC(C)N(C(=O)Cn1cc(CCO)c(C(F)(F)F)n1)C(C)C. The summed E-state index contributed by atoms with van der Waals surface area (Å²) in [4.78, 5) is 13.9. The van der Waals surface area contributed by atoms with Crippen LogP contribution in [0.2, 0.25) is 0 Å². The Morgan fingerprint density at radius 2 is 1.86 bits per heavy atom. The third-order valence-electron chi connectivity index (χ3n) is 3.19. The molecule has 1 aromatic rings. The highest BCUT2D eigenvalue weighted by atomic mass is 19.4. The Morgan fingerprint density at radius 3 is 2.27 bits per heavy atom. The molecule has 5 nitrogen and oxygen atoms in total. The summed E-state index contributed by atoms with van der Waals surface area (Å²) in [5.74, 6) is -0.295. The maximum absolute atomic E-state index is 12.9. The van der Waals surface area contributed by atoms with E-state index in [1.165, 1.54) is 6.20 Å². The van der Waals surface area contributed by atoms with Crippen molar-refractivity contribution in [3.8, 4) is 0 Å². The molecule has 0 atom stereocenters. The van der Waals surface area contributed by atoms with E-state index in [2.05, 4.69) is 5.10 Å². The van der Waals surface area contributed by atoms with Crippen LogP contribution in [0.1, 0.15) is 39.0 Å². The van der Waals surface area contributed by atoms with Crippen molar-refractivity contribution in [1.29, 1.82) is 0 Å². The van der Waals surface area contributed by atoms with Crippen molar-refractivity contribution >= 4 is 5.91 Å². The lowest BCUT2D eigenvalue weighted by atomic mass is 10.2. The summed E-state index contributed by atoms with van der Waals surface area (Å²) in [5, 5.41) is 12.3. The first-order chi connectivity index (χ1) is 10.1. The number of carbonyl (C=O) groups excluding carboxylic acids is 1. The topological polar surface area (TPSA) is 58.4 Å². The van der Waals surface area contributed by atoms with E-state index in [-0.39, 0.29) is 36.5 Å². The van der Waals surface area contributed by atoms with E-state index in [1.54, 1.807) is 4.90 Å². The van der Waals surface area contributed by atoms with E-state index in [4.69, 9.17) is 5.11 Å². The van der Waals surface area contributed by atoms with Crippen LogP contribution < -0.4 is 0 Å². The molecule has 0 saturated carbocycles. The zero-order valence-electron chi connectivity index (χ0n) is 13.2. The first-order valence-corrected chi connectivity index (χ1v) is 7.13. The van der Waals surface area contributed by atoms with Crippen LogP contribution in [0.3, 0.4) is 0 Å². The van der Waals surface area contributed by atoms with E-state index >= 15 is 0 Å². The molecule has 0 bridgehead atoms. The molecule has 126 valence electrons. The lowest BCUT2D eigenvalue weighted by Gasteiger charge is -2.30. The number of carbonyl (C=O) groups is 1. The van der Waals surface area contributed by atoms with Gasteiger partial charge in [0.15, 0.2) is 5.69 Å². The molecule has 1 N–H and O–H groups in total. The van der Waals surface area contributed by atoms with Gasteiger partial charge in [-0.3, -0.25) is 9.48 Å². The van der Waals surface area contributed by atoms with E-state index in [0.717, 1.165) is 4.68 Å². The van der Waals surface area contributed by atoms with Crippen LogP contribution in [0.4, 0.5) is 13.2 Å². The number of amides is 1. The first kappa shape index (κ1) is 18.5. The van der Waals surface area contributed by atoms with Gasteiger partial charge >= 0.3 is 6.18 Å². The molecule has 1 aromatic heterocycles. The molecule has 0 aromatic carbocycles. The van der Waals surface area contributed by atoms with Gasteiger partial charge in [0.2, 0.25) is 5.91 Å². The quantitative estimate of drug-likeness (QED) is 0.873. The highest BCUT2D eigenvalue weighted by Crippen LogP contribution is 2.30. The summed E-state index contributed by atoms with van der Waals surface area (Å²) in [5.41, 5.74) is -1.15. The number of aromatic nitrogens is 2. The molecule has 22 heavy (non-hydrogen) atoms. The van der Waals surface area contributed by atoms with Crippen molar-refractivity contribution < 1.29 is 23.1 Å². The Morgan fingerprint density at radius 1 is 1.32 bits per heavy atom. The van der Waals surface area contributed by atoms with Gasteiger partial charge in [-0.2, -0.15) is 18.3 Å². The highest BCUT2D eigenvalue weighted by molar-refractivity contribution is 5.76. The average Bonchev–Trinajstić information content (AvgIpc) is 2.70. The lowest BCUT2D eigenvalue weighted by molar-refractivity contribution is -0.143. The average molecular weight is 321 g/mol. The number of hydrogen-bond acceptors (Lipinski definition) is 3. The van der Waals surface area contributed by atoms with Crippen LogP contribution in [0, 0.1) is 0 Å². The minimum absolute atomic E-state index is 0.0536. The second-order valence-corrected chi connectivity index (χ2v) is 5.66. The second-order valence-electron chi connectivity index (χ2n) is 5.66. The van der Waals surface area contributed by atoms with E-state index in [0.29, 0.717) is 0 Å². The zero-order chi connectivity index (χ0) is 17.1. The maximum Gasteiger partial charge on any atom is 0.435 e. The molecule has 1 amide bonds. The molecule has 0 radical (unpaired) electrons. The van der Waals surface area contributed by atoms with E-state index in [1.807, 2.05) is 27.7 Å². The molecule has 1 heterocycles. The van der Waals surface area contributed by atoms with Crippen molar-refractivity contribution in [2.24, 2.45) is 0 Å². The monoisotopic (exact) mass is 321 g/mol. The van der Waals surface area contributed by atoms with Gasteiger partial charge in [-0.15, -0.1) is 0 Å². The smallest absolute Gasteiger partial charge is 0.396 e. The minimum atomic E-state index is -4.60. The Balaban J connectivity index is 3.01. The van der Waals surface area contributed by atoms with Crippen LogP contribution in [-0.2, 0) is 23.9 Å². The summed E-state index contributed by atoms with van der Waals surface area (Å²) in [7, 11) is 0. The number of nitrogens with zero attached hydrogens (tertiary/aromatic N) is 3. The first-order valence-electron chi connectivity index (χ1n) is 7.13. The van der Waals surface area contributed by atoms with Crippen molar-refractivity contribution in [2.75, 3.05) is 6.61 Å².